The van der Waals surface area contributed by atoms with Crippen molar-refractivity contribution in [1.29, 1.82) is 0 Å². The maximum absolute atomic E-state index is 11.9. The summed E-state index contributed by atoms with van der Waals surface area (Å²) in [7, 11) is -2.99. The van der Waals surface area contributed by atoms with Crippen LogP contribution in [0.4, 0.5) is 0 Å². The Hall–Kier alpha value is -1.11. The van der Waals surface area contributed by atoms with Crippen molar-refractivity contribution in [1.82, 2.24) is 10.6 Å². The predicted molar refractivity (Wildman–Crippen MR) is 70.1 cm³/mol. The fourth-order valence-corrected chi connectivity index (χ4v) is 4.06. The third-order valence-corrected chi connectivity index (χ3v) is 5.24. The van der Waals surface area contributed by atoms with E-state index in [2.05, 4.69) is 10.6 Å². The normalized spacial score (nSPS) is 32.1. The molecule has 1 aliphatic carbocycles. The van der Waals surface area contributed by atoms with Gasteiger partial charge in [0.05, 0.1) is 23.3 Å². The minimum atomic E-state index is -2.99. The molecule has 108 valence electrons. The molecular formula is C12H20N2O4S. The molecule has 1 saturated carbocycles. The lowest BCUT2D eigenvalue weighted by Crippen LogP contribution is -2.38. The zero-order valence-corrected chi connectivity index (χ0v) is 12.0. The molecule has 2 amide bonds. The molecule has 1 aliphatic heterocycles. The van der Waals surface area contributed by atoms with Gasteiger partial charge in [-0.05, 0) is 26.7 Å². The van der Waals surface area contributed by atoms with Crippen LogP contribution in [0.25, 0.3) is 0 Å². The van der Waals surface area contributed by atoms with Crippen LogP contribution in [0.1, 0.15) is 26.7 Å². The molecule has 0 aromatic heterocycles. The van der Waals surface area contributed by atoms with Crippen molar-refractivity contribution in [3.05, 3.63) is 0 Å². The molecule has 1 heterocycles. The standard InChI is InChI=1S/C12H20N2O4S/c1-7(2)13-11(15)9-5-10(9)12(16)14-8-3-4-19(17,18)6-8/h7-10H,3-6H2,1-2H3,(H,13,15)(H,14,16). The first-order valence-corrected chi connectivity index (χ1v) is 8.42. The van der Waals surface area contributed by atoms with Gasteiger partial charge in [-0.25, -0.2) is 8.42 Å². The van der Waals surface area contributed by atoms with Crippen LogP contribution in [0, 0.1) is 11.8 Å². The van der Waals surface area contributed by atoms with Crippen molar-refractivity contribution in [3.8, 4) is 0 Å². The third-order valence-electron chi connectivity index (χ3n) is 3.47. The van der Waals surface area contributed by atoms with Gasteiger partial charge in [-0.15, -0.1) is 0 Å². The number of sulfone groups is 1. The molecule has 0 aromatic carbocycles. The molecule has 2 N–H and O–H groups in total. The molecule has 1 saturated heterocycles. The first-order valence-electron chi connectivity index (χ1n) is 6.59. The molecule has 6 nitrogen and oxygen atoms in total. The predicted octanol–water partition coefficient (Wildman–Crippen LogP) is -0.550. The summed E-state index contributed by atoms with van der Waals surface area (Å²) in [5, 5.41) is 5.52. The highest BCUT2D eigenvalue weighted by Gasteiger charge is 2.48. The molecule has 3 atom stereocenters. The number of rotatable bonds is 4. The molecule has 3 unspecified atom stereocenters. The van der Waals surface area contributed by atoms with Crippen molar-refractivity contribution < 1.29 is 18.0 Å². The summed E-state index contributed by atoms with van der Waals surface area (Å²) in [6, 6.07) is -0.219. The smallest absolute Gasteiger partial charge is 0.224 e. The van der Waals surface area contributed by atoms with E-state index in [0.29, 0.717) is 12.8 Å². The van der Waals surface area contributed by atoms with E-state index in [9.17, 15) is 18.0 Å². The molecule has 7 heteroatoms. The van der Waals surface area contributed by atoms with E-state index < -0.39 is 9.84 Å². The van der Waals surface area contributed by atoms with Gasteiger partial charge in [-0.2, -0.15) is 0 Å². The molecule has 0 radical (unpaired) electrons. The van der Waals surface area contributed by atoms with E-state index in [0.717, 1.165) is 0 Å². The molecule has 19 heavy (non-hydrogen) atoms. The van der Waals surface area contributed by atoms with Crippen LogP contribution in [0.15, 0.2) is 0 Å². The first-order chi connectivity index (χ1) is 8.78. The highest BCUT2D eigenvalue weighted by Crippen LogP contribution is 2.39. The third kappa shape index (κ3) is 3.68. The average Bonchev–Trinajstić information content (AvgIpc) is 2.98. The van der Waals surface area contributed by atoms with E-state index in [1.807, 2.05) is 13.8 Å². The van der Waals surface area contributed by atoms with Crippen molar-refractivity contribution >= 4 is 21.7 Å². The number of amides is 2. The molecular weight excluding hydrogens is 268 g/mol. The number of hydrogen-bond donors (Lipinski definition) is 2. The zero-order chi connectivity index (χ0) is 14.2. The second-order valence-corrected chi connectivity index (χ2v) is 7.95. The van der Waals surface area contributed by atoms with Crippen molar-refractivity contribution in [2.24, 2.45) is 11.8 Å². The molecule has 0 bridgehead atoms. The van der Waals surface area contributed by atoms with E-state index in [-0.39, 0.29) is 47.2 Å². The van der Waals surface area contributed by atoms with Crippen LogP contribution >= 0.6 is 0 Å². The van der Waals surface area contributed by atoms with Crippen LogP contribution in [0.2, 0.25) is 0 Å². The van der Waals surface area contributed by atoms with Crippen molar-refractivity contribution in [2.75, 3.05) is 11.5 Å². The average molecular weight is 288 g/mol. The Morgan fingerprint density at radius 2 is 1.79 bits per heavy atom. The lowest BCUT2D eigenvalue weighted by atomic mass is 10.2. The number of hydrogen-bond acceptors (Lipinski definition) is 4. The topological polar surface area (TPSA) is 92.3 Å². The monoisotopic (exact) mass is 288 g/mol. The lowest BCUT2D eigenvalue weighted by molar-refractivity contribution is -0.127. The number of carbonyl (C=O) groups excluding carboxylic acids is 2. The van der Waals surface area contributed by atoms with Gasteiger partial charge in [-0.1, -0.05) is 0 Å². The van der Waals surface area contributed by atoms with E-state index >= 15 is 0 Å². The van der Waals surface area contributed by atoms with Gasteiger partial charge >= 0.3 is 0 Å². The highest BCUT2D eigenvalue weighted by atomic mass is 32.2. The lowest BCUT2D eigenvalue weighted by Gasteiger charge is -2.11. The van der Waals surface area contributed by atoms with E-state index in [1.165, 1.54) is 0 Å². The summed E-state index contributed by atoms with van der Waals surface area (Å²) in [6.07, 6.45) is 1.04. The van der Waals surface area contributed by atoms with Crippen LogP contribution in [-0.2, 0) is 19.4 Å². The van der Waals surface area contributed by atoms with Gasteiger partial charge in [0.1, 0.15) is 0 Å². The maximum Gasteiger partial charge on any atom is 0.224 e. The summed E-state index contributed by atoms with van der Waals surface area (Å²) < 4.78 is 22.6. The minimum absolute atomic E-state index is 0.0221. The van der Waals surface area contributed by atoms with Gasteiger partial charge in [0.15, 0.2) is 9.84 Å². The van der Waals surface area contributed by atoms with Crippen LogP contribution in [0.5, 0.6) is 0 Å². The second kappa shape index (κ2) is 5.11. The summed E-state index contributed by atoms with van der Waals surface area (Å²) in [5.41, 5.74) is 0. The Labute approximate surface area is 113 Å². The molecule has 2 aliphatic rings. The Morgan fingerprint density at radius 3 is 2.32 bits per heavy atom. The summed E-state index contributed by atoms with van der Waals surface area (Å²) in [6.45, 7) is 3.75. The fourth-order valence-electron chi connectivity index (χ4n) is 2.38. The van der Waals surface area contributed by atoms with Gasteiger partial charge in [-0.3, -0.25) is 9.59 Å². The van der Waals surface area contributed by atoms with E-state index in [4.69, 9.17) is 0 Å². The summed E-state index contributed by atoms with van der Waals surface area (Å²) >= 11 is 0. The van der Waals surface area contributed by atoms with Crippen molar-refractivity contribution in [3.63, 3.8) is 0 Å². The maximum atomic E-state index is 11.9. The molecule has 2 fully saturated rings. The van der Waals surface area contributed by atoms with Gasteiger partial charge < -0.3 is 10.6 Å². The second-order valence-electron chi connectivity index (χ2n) is 5.72. The molecule has 0 aromatic rings. The summed E-state index contributed by atoms with van der Waals surface area (Å²) in [5.74, 6) is -0.656. The van der Waals surface area contributed by atoms with Gasteiger partial charge in [0, 0.05) is 12.1 Å². The Balaban J connectivity index is 1.79. The number of nitrogens with one attached hydrogen (secondary N) is 2. The van der Waals surface area contributed by atoms with Crippen LogP contribution < -0.4 is 10.6 Å². The zero-order valence-electron chi connectivity index (χ0n) is 11.2. The minimum Gasteiger partial charge on any atom is -0.354 e. The Morgan fingerprint density at radius 1 is 1.16 bits per heavy atom. The Kier molecular flexibility index (Phi) is 3.85. The van der Waals surface area contributed by atoms with Crippen molar-refractivity contribution in [2.45, 2.75) is 38.8 Å². The Bertz CT molecular complexity index is 486. The van der Waals surface area contributed by atoms with E-state index in [1.54, 1.807) is 0 Å². The van der Waals surface area contributed by atoms with Crippen LogP contribution in [0.3, 0.4) is 0 Å². The SMILES string of the molecule is CC(C)NC(=O)C1CC1C(=O)NC1CCS(=O)(=O)C1. The van der Waals surface area contributed by atoms with Gasteiger partial charge in [0.25, 0.3) is 0 Å². The highest BCUT2D eigenvalue weighted by molar-refractivity contribution is 7.91. The quantitative estimate of drug-likeness (QED) is 0.726. The molecule has 2 rings (SSSR count). The van der Waals surface area contributed by atoms with Gasteiger partial charge in [0.2, 0.25) is 11.8 Å². The largest absolute Gasteiger partial charge is 0.354 e. The number of carbonyl (C=O) groups is 2. The fraction of sp³-hybridized carbons (Fsp3) is 0.833. The first kappa shape index (κ1) is 14.3. The van der Waals surface area contributed by atoms with Crippen LogP contribution in [-0.4, -0.2) is 43.8 Å². The summed E-state index contributed by atoms with van der Waals surface area (Å²) in [4.78, 5) is 23.6. The molecule has 0 spiro atoms.